The summed E-state index contributed by atoms with van der Waals surface area (Å²) in [5.74, 6) is 3.04. The van der Waals surface area contributed by atoms with Crippen molar-refractivity contribution in [1.29, 1.82) is 0 Å². The van der Waals surface area contributed by atoms with Crippen LogP contribution < -0.4 is 14.8 Å². The molecule has 0 atom stereocenters. The van der Waals surface area contributed by atoms with Crippen LogP contribution in [0.2, 0.25) is 0 Å². The zero-order chi connectivity index (χ0) is 21.5. The minimum absolute atomic E-state index is 0.124. The van der Waals surface area contributed by atoms with Crippen LogP contribution in [0.4, 0.5) is 0 Å². The zero-order valence-electron chi connectivity index (χ0n) is 18.5. The first-order valence-corrected chi connectivity index (χ1v) is 10.7. The van der Waals surface area contributed by atoms with Gasteiger partial charge in [0.05, 0.1) is 19.9 Å². The van der Waals surface area contributed by atoms with Gasteiger partial charge in [-0.1, -0.05) is 13.3 Å². The summed E-state index contributed by atoms with van der Waals surface area (Å²) < 4.78 is 16.6. The Balaban J connectivity index is 1.59. The largest absolute Gasteiger partial charge is 0.493 e. The number of nitrogens with one attached hydrogen (secondary N) is 1. The molecule has 7 heteroatoms. The molecule has 1 aromatic heterocycles. The molecule has 7 nitrogen and oxygen atoms in total. The Morgan fingerprint density at radius 2 is 1.97 bits per heavy atom. The summed E-state index contributed by atoms with van der Waals surface area (Å²) >= 11 is 0. The molecule has 1 amide bonds. The number of amides is 1. The topological polar surface area (TPSA) is 76.8 Å². The first-order valence-electron chi connectivity index (χ1n) is 10.7. The highest BCUT2D eigenvalue weighted by Gasteiger charge is 2.26. The number of hydrogen-bond donors (Lipinski definition) is 1. The normalized spacial score (nSPS) is 15.2. The average molecular weight is 416 g/mol. The van der Waals surface area contributed by atoms with Gasteiger partial charge in [0.15, 0.2) is 11.5 Å². The van der Waals surface area contributed by atoms with E-state index in [0.717, 1.165) is 68.9 Å². The second-order valence-corrected chi connectivity index (χ2v) is 7.79. The molecule has 1 aliphatic rings. The van der Waals surface area contributed by atoms with E-state index in [1.54, 1.807) is 14.2 Å². The van der Waals surface area contributed by atoms with Gasteiger partial charge < -0.3 is 19.2 Å². The number of likely N-dealkylation sites (tertiary alicyclic amines) is 1. The van der Waals surface area contributed by atoms with Gasteiger partial charge in [-0.2, -0.15) is 0 Å². The van der Waals surface area contributed by atoms with Crippen LogP contribution in [0.5, 0.6) is 11.5 Å². The molecular formula is C23H33N3O4. The lowest BCUT2D eigenvalue weighted by Gasteiger charge is -2.30. The van der Waals surface area contributed by atoms with Gasteiger partial charge >= 0.3 is 0 Å². The highest BCUT2D eigenvalue weighted by molar-refractivity contribution is 5.78. The average Bonchev–Trinajstić information content (AvgIpc) is 3.14. The van der Waals surface area contributed by atoms with Gasteiger partial charge in [-0.05, 0) is 57.5 Å². The first-order chi connectivity index (χ1) is 14.5. The van der Waals surface area contributed by atoms with Gasteiger partial charge in [-0.3, -0.25) is 9.69 Å². The van der Waals surface area contributed by atoms with Crippen LogP contribution in [0, 0.1) is 12.8 Å². The van der Waals surface area contributed by atoms with Crippen molar-refractivity contribution < 1.29 is 18.7 Å². The fourth-order valence-corrected chi connectivity index (χ4v) is 3.77. The summed E-state index contributed by atoms with van der Waals surface area (Å²) in [6.45, 7) is 7.38. The molecule has 1 fully saturated rings. The van der Waals surface area contributed by atoms with Crippen molar-refractivity contribution in [2.75, 3.05) is 33.9 Å². The zero-order valence-corrected chi connectivity index (χ0v) is 18.5. The van der Waals surface area contributed by atoms with E-state index in [4.69, 9.17) is 18.9 Å². The summed E-state index contributed by atoms with van der Waals surface area (Å²) in [4.78, 5) is 19.3. The van der Waals surface area contributed by atoms with E-state index < -0.39 is 0 Å². The number of aryl methyl sites for hydroxylation is 1. The minimum Gasteiger partial charge on any atom is -0.493 e. The van der Waals surface area contributed by atoms with E-state index in [0.29, 0.717) is 17.4 Å². The molecule has 0 spiro atoms. The molecule has 30 heavy (non-hydrogen) atoms. The summed E-state index contributed by atoms with van der Waals surface area (Å²) in [5, 5.41) is 3.06. The van der Waals surface area contributed by atoms with Crippen LogP contribution in [0.1, 0.15) is 44.1 Å². The van der Waals surface area contributed by atoms with E-state index in [9.17, 15) is 4.79 Å². The number of piperidine rings is 1. The number of oxazole rings is 1. The second kappa shape index (κ2) is 10.5. The third-order valence-corrected chi connectivity index (χ3v) is 5.68. The third-order valence-electron chi connectivity index (χ3n) is 5.68. The van der Waals surface area contributed by atoms with E-state index in [1.807, 2.05) is 25.1 Å². The number of carbonyl (C=O) groups excluding carboxylic acids is 1. The summed E-state index contributed by atoms with van der Waals surface area (Å²) in [5.41, 5.74) is 1.79. The Kier molecular flexibility index (Phi) is 7.74. The number of unbranched alkanes of at least 4 members (excludes halogenated alkanes) is 1. The molecule has 1 N–H and O–H groups in total. The first kappa shape index (κ1) is 22.2. The van der Waals surface area contributed by atoms with Crippen molar-refractivity contribution in [3.05, 3.63) is 29.7 Å². The highest BCUT2D eigenvalue weighted by Crippen LogP contribution is 2.33. The Labute approximate surface area is 178 Å². The summed E-state index contributed by atoms with van der Waals surface area (Å²) in [6, 6.07) is 5.64. The van der Waals surface area contributed by atoms with Crippen LogP contribution in [-0.2, 0) is 11.3 Å². The van der Waals surface area contributed by atoms with Gasteiger partial charge in [-0.25, -0.2) is 4.98 Å². The van der Waals surface area contributed by atoms with Crippen molar-refractivity contribution in [3.8, 4) is 23.0 Å². The Morgan fingerprint density at radius 3 is 2.63 bits per heavy atom. The number of carbonyl (C=O) groups is 1. The predicted molar refractivity (Wildman–Crippen MR) is 116 cm³/mol. The number of ether oxygens (including phenoxy) is 2. The molecule has 2 heterocycles. The van der Waals surface area contributed by atoms with Crippen LogP contribution in [0.15, 0.2) is 22.6 Å². The van der Waals surface area contributed by atoms with E-state index in [1.165, 1.54) is 0 Å². The lowest BCUT2D eigenvalue weighted by atomic mass is 9.95. The molecule has 0 aliphatic carbocycles. The monoisotopic (exact) mass is 415 g/mol. The molecule has 1 aromatic carbocycles. The predicted octanol–water partition coefficient (Wildman–Crippen LogP) is 3.80. The van der Waals surface area contributed by atoms with Crippen molar-refractivity contribution >= 4 is 5.91 Å². The summed E-state index contributed by atoms with van der Waals surface area (Å²) in [7, 11) is 3.23. The highest BCUT2D eigenvalue weighted by atomic mass is 16.5. The maximum Gasteiger partial charge on any atom is 0.226 e. The van der Waals surface area contributed by atoms with Crippen LogP contribution in [0.3, 0.4) is 0 Å². The number of benzene rings is 1. The fourth-order valence-electron chi connectivity index (χ4n) is 3.77. The standard InChI is InChI=1S/C23H33N3O4/c1-5-6-11-24-22(27)17-9-12-26(13-10-17)15-19-16(2)30-23(25-19)18-7-8-20(28-3)21(14-18)29-4/h7-8,14,17H,5-6,9-13,15H2,1-4H3,(H,24,27). The van der Waals surface area contributed by atoms with Gasteiger partial charge in [0.1, 0.15) is 5.76 Å². The molecule has 0 bridgehead atoms. The maximum atomic E-state index is 12.3. The van der Waals surface area contributed by atoms with Crippen molar-refractivity contribution in [1.82, 2.24) is 15.2 Å². The third kappa shape index (κ3) is 5.33. The molecule has 1 saturated heterocycles. The van der Waals surface area contributed by atoms with Crippen molar-refractivity contribution in [2.45, 2.75) is 46.1 Å². The van der Waals surface area contributed by atoms with E-state index in [2.05, 4.69) is 17.1 Å². The van der Waals surface area contributed by atoms with Gasteiger partial charge in [0.25, 0.3) is 0 Å². The van der Waals surface area contributed by atoms with Crippen molar-refractivity contribution in [2.24, 2.45) is 5.92 Å². The number of methoxy groups -OCH3 is 2. The lowest BCUT2D eigenvalue weighted by molar-refractivity contribution is -0.126. The molecule has 164 valence electrons. The van der Waals surface area contributed by atoms with Crippen LogP contribution in [-0.4, -0.2) is 49.6 Å². The SMILES string of the molecule is CCCCNC(=O)C1CCN(Cc2nc(-c3ccc(OC)c(OC)c3)oc2C)CC1. The fraction of sp³-hybridized carbons (Fsp3) is 0.565. The Morgan fingerprint density at radius 1 is 1.23 bits per heavy atom. The molecular weight excluding hydrogens is 382 g/mol. The molecule has 2 aromatic rings. The summed E-state index contributed by atoms with van der Waals surface area (Å²) in [6.07, 6.45) is 3.91. The molecule has 3 rings (SSSR count). The van der Waals surface area contributed by atoms with Gasteiger partial charge in [-0.15, -0.1) is 0 Å². The second-order valence-electron chi connectivity index (χ2n) is 7.79. The number of nitrogens with zero attached hydrogens (tertiary/aromatic N) is 2. The van der Waals surface area contributed by atoms with Gasteiger partial charge in [0.2, 0.25) is 11.8 Å². The molecule has 0 unspecified atom stereocenters. The Bertz CT molecular complexity index is 841. The number of hydrogen-bond acceptors (Lipinski definition) is 6. The molecule has 0 radical (unpaired) electrons. The van der Waals surface area contributed by atoms with Crippen LogP contribution >= 0.6 is 0 Å². The quantitative estimate of drug-likeness (QED) is 0.628. The molecule has 0 saturated carbocycles. The minimum atomic E-state index is 0.124. The molecule has 1 aliphatic heterocycles. The lowest BCUT2D eigenvalue weighted by Crippen LogP contribution is -2.40. The Hall–Kier alpha value is -2.54. The van der Waals surface area contributed by atoms with Crippen molar-refractivity contribution in [3.63, 3.8) is 0 Å². The van der Waals surface area contributed by atoms with Gasteiger partial charge in [0, 0.05) is 24.6 Å². The number of aromatic nitrogens is 1. The van der Waals surface area contributed by atoms with E-state index in [-0.39, 0.29) is 11.8 Å². The van der Waals surface area contributed by atoms with E-state index >= 15 is 0 Å². The number of rotatable bonds is 9. The maximum absolute atomic E-state index is 12.3. The van der Waals surface area contributed by atoms with Crippen LogP contribution in [0.25, 0.3) is 11.5 Å². The smallest absolute Gasteiger partial charge is 0.226 e.